The van der Waals surface area contributed by atoms with E-state index in [1.807, 2.05) is 30.3 Å². The molecule has 0 aromatic heterocycles. The molecule has 5 nitrogen and oxygen atoms in total. The third kappa shape index (κ3) is 3.66. The first-order valence-electron chi connectivity index (χ1n) is 6.61. The molecule has 0 spiro atoms. The van der Waals surface area contributed by atoms with Gasteiger partial charge in [0.25, 0.3) is 0 Å². The van der Waals surface area contributed by atoms with E-state index in [2.05, 4.69) is 5.32 Å². The van der Waals surface area contributed by atoms with Gasteiger partial charge < -0.3 is 20.5 Å². The molecule has 0 heterocycles. The highest BCUT2D eigenvalue weighted by atomic mass is 16.5. The average Bonchev–Trinajstić information content (AvgIpc) is 2.50. The Bertz CT molecular complexity index is 624. The van der Waals surface area contributed by atoms with Crippen LogP contribution in [0.15, 0.2) is 42.5 Å². The number of benzene rings is 2. The molecule has 0 aliphatic carbocycles. The van der Waals surface area contributed by atoms with E-state index < -0.39 is 5.97 Å². The smallest absolute Gasteiger partial charge is 0.340 e. The quantitative estimate of drug-likeness (QED) is 0.652. The molecule has 0 saturated carbocycles. The van der Waals surface area contributed by atoms with E-state index >= 15 is 0 Å². The highest BCUT2D eigenvalue weighted by Crippen LogP contribution is 2.23. The number of carbonyl (C=O) groups is 1. The fourth-order valence-electron chi connectivity index (χ4n) is 1.86. The van der Waals surface area contributed by atoms with Crippen molar-refractivity contribution in [2.45, 2.75) is 6.92 Å². The highest BCUT2D eigenvalue weighted by Gasteiger charge is 2.11. The Labute approximate surface area is 123 Å². The van der Waals surface area contributed by atoms with Gasteiger partial charge in [-0.3, -0.25) is 0 Å². The van der Waals surface area contributed by atoms with E-state index in [1.165, 1.54) is 0 Å². The van der Waals surface area contributed by atoms with Crippen molar-refractivity contribution in [1.29, 1.82) is 0 Å². The molecule has 0 atom stereocenters. The summed E-state index contributed by atoms with van der Waals surface area (Å²) in [6.07, 6.45) is 0. The van der Waals surface area contributed by atoms with Crippen LogP contribution in [0.25, 0.3) is 0 Å². The first-order valence-corrected chi connectivity index (χ1v) is 6.61. The van der Waals surface area contributed by atoms with Crippen LogP contribution in [0.4, 0.5) is 17.1 Å². The molecule has 3 N–H and O–H groups in total. The molecular weight excluding hydrogens is 268 g/mol. The molecule has 0 unspecified atom stereocenters. The summed E-state index contributed by atoms with van der Waals surface area (Å²) in [5.41, 5.74) is 8.21. The number of hydrogen-bond acceptors (Lipinski definition) is 5. The van der Waals surface area contributed by atoms with E-state index in [1.54, 1.807) is 26.2 Å². The Morgan fingerprint density at radius 2 is 1.81 bits per heavy atom. The first kappa shape index (κ1) is 14.7. The maximum atomic E-state index is 11.8. The molecule has 2 rings (SSSR count). The molecule has 0 radical (unpaired) electrons. The second-order valence-electron chi connectivity index (χ2n) is 4.38. The zero-order valence-electron chi connectivity index (χ0n) is 12.1. The fraction of sp³-hybridized carbons (Fsp3) is 0.188. The standard InChI is InChI=1S/C16H18N2O3/c1-3-21-16(19)14-10-12(6-9-15(14)17)18-11-4-7-13(20-2)8-5-11/h4-10,18H,3,17H2,1-2H3. The molecule has 0 fully saturated rings. The fourth-order valence-corrected chi connectivity index (χ4v) is 1.86. The van der Waals surface area contributed by atoms with Crippen molar-refractivity contribution in [2.75, 3.05) is 24.8 Å². The maximum absolute atomic E-state index is 11.8. The molecule has 2 aromatic rings. The van der Waals surface area contributed by atoms with Gasteiger partial charge in [0.2, 0.25) is 0 Å². The summed E-state index contributed by atoms with van der Waals surface area (Å²) in [5, 5.41) is 3.20. The lowest BCUT2D eigenvalue weighted by molar-refractivity contribution is 0.0527. The maximum Gasteiger partial charge on any atom is 0.340 e. The van der Waals surface area contributed by atoms with E-state index in [0.717, 1.165) is 17.1 Å². The Morgan fingerprint density at radius 1 is 1.14 bits per heavy atom. The SMILES string of the molecule is CCOC(=O)c1cc(Nc2ccc(OC)cc2)ccc1N. The molecular formula is C16H18N2O3. The van der Waals surface area contributed by atoms with Gasteiger partial charge >= 0.3 is 5.97 Å². The Hall–Kier alpha value is -2.69. The van der Waals surface area contributed by atoms with Crippen molar-refractivity contribution in [2.24, 2.45) is 0 Å². The van der Waals surface area contributed by atoms with Crippen molar-refractivity contribution in [3.8, 4) is 5.75 Å². The highest BCUT2D eigenvalue weighted by molar-refractivity contribution is 5.96. The van der Waals surface area contributed by atoms with Crippen LogP contribution in [0.1, 0.15) is 17.3 Å². The monoisotopic (exact) mass is 286 g/mol. The van der Waals surface area contributed by atoms with Crippen LogP contribution < -0.4 is 15.8 Å². The predicted octanol–water partition coefficient (Wildman–Crippen LogP) is 3.20. The van der Waals surface area contributed by atoms with Gasteiger partial charge in [0.05, 0.1) is 19.3 Å². The van der Waals surface area contributed by atoms with Gasteiger partial charge in [-0.25, -0.2) is 4.79 Å². The van der Waals surface area contributed by atoms with Gasteiger partial charge in [0.1, 0.15) is 5.75 Å². The lowest BCUT2D eigenvalue weighted by Crippen LogP contribution is -2.08. The number of anilines is 3. The van der Waals surface area contributed by atoms with Gasteiger partial charge in [0, 0.05) is 17.1 Å². The van der Waals surface area contributed by atoms with Crippen LogP contribution in [0.3, 0.4) is 0 Å². The molecule has 5 heteroatoms. The largest absolute Gasteiger partial charge is 0.497 e. The summed E-state index contributed by atoms with van der Waals surface area (Å²) < 4.78 is 10.1. The summed E-state index contributed by atoms with van der Waals surface area (Å²) in [6, 6.07) is 12.6. The van der Waals surface area contributed by atoms with Crippen molar-refractivity contribution in [1.82, 2.24) is 0 Å². The Kier molecular flexibility index (Phi) is 4.66. The van der Waals surface area contributed by atoms with E-state index in [-0.39, 0.29) is 0 Å². The van der Waals surface area contributed by atoms with Crippen LogP contribution in [0, 0.1) is 0 Å². The minimum absolute atomic E-state index is 0.314. The van der Waals surface area contributed by atoms with Crippen LogP contribution in [0.5, 0.6) is 5.75 Å². The van der Waals surface area contributed by atoms with Gasteiger partial charge in [-0.05, 0) is 49.4 Å². The minimum atomic E-state index is -0.423. The second-order valence-corrected chi connectivity index (χ2v) is 4.38. The Balaban J connectivity index is 2.20. The number of methoxy groups -OCH3 is 1. The first-order chi connectivity index (χ1) is 10.1. The summed E-state index contributed by atoms with van der Waals surface area (Å²) in [6.45, 7) is 2.07. The molecule has 21 heavy (non-hydrogen) atoms. The summed E-state index contributed by atoms with van der Waals surface area (Å²) >= 11 is 0. The number of hydrogen-bond donors (Lipinski definition) is 2. The molecule has 0 saturated heterocycles. The Morgan fingerprint density at radius 3 is 2.43 bits per heavy atom. The number of carbonyl (C=O) groups excluding carboxylic acids is 1. The number of nitrogens with one attached hydrogen (secondary N) is 1. The number of nitrogen functional groups attached to an aromatic ring is 1. The lowest BCUT2D eigenvalue weighted by atomic mass is 10.1. The van der Waals surface area contributed by atoms with E-state index in [4.69, 9.17) is 15.2 Å². The van der Waals surface area contributed by atoms with Gasteiger partial charge in [-0.2, -0.15) is 0 Å². The summed E-state index contributed by atoms with van der Waals surface area (Å²) in [5.74, 6) is 0.360. The van der Waals surface area contributed by atoms with E-state index in [9.17, 15) is 4.79 Å². The van der Waals surface area contributed by atoms with Gasteiger partial charge in [-0.15, -0.1) is 0 Å². The number of esters is 1. The van der Waals surface area contributed by atoms with Crippen molar-refractivity contribution < 1.29 is 14.3 Å². The van der Waals surface area contributed by atoms with Crippen molar-refractivity contribution in [3.05, 3.63) is 48.0 Å². The molecule has 0 aliphatic heterocycles. The van der Waals surface area contributed by atoms with Gasteiger partial charge in [-0.1, -0.05) is 0 Å². The normalized spacial score (nSPS) is 10.0. The van der Waals surface area contributed by atoms with Crippen molar-refractivity contribution >= 4 is 23.0 Å². The summed E-state index contributed by atoms with van der Waals surface area (Å²) in [4.78, 5) is 11.8. The topological polar surface area (TPSA) is 73.6 Å². The van der Waals surface area contributed by atoms with Crippen LogP contribution in [0.2, 0.25) is 0 Å². The second kappa shape index (κ2) is 6.65. The average molecular weight is 286 g/mol. The lowest BCUT2D eigenvalue weighted by Gasteiger charge is -2.10. The number of rotatable bonds is 5. The number of ether oxygens (including phenoxy) is 2. The van der Waals surface area contributed by atoms with E-state index in [0.29, 0.717) is 17.9 Å². The van der Waals surface area contributed by atoms with Crippen LogP contribution >= 0.6 is 0 Å². The molecule has 110 valence electrons. The molecule has 2 aromatic carbocycles. The molecule has 0 aliphatic rings. The third-order valence-electron chi connectivity index (χ3n) is 2.93. The predicted molar refractivity (Wildman–Crippen MR) is 83.1 cm³/mol. The molecule has 0 amide bonds. The van der Waals surface area contributed by atoms with Gasteiger partial charge in [0.15, 0.2) is 0 Å². The number of nitrogens with two attached hydrogens (primary N) is 1. The summed E-state index contributed by atoms with van der Waals surface area (Å²) in [7, 11) is 1.62. The minimum Gasteiger partial charge on any atom is -0.497 e. The third-order valence-corrected chi connectivity index (χ3v) is 2.93. The zero-order chi connectivity index (χ0) is 15.2. The zero-order valence-corrected chi connectivity index (χ0v) is 12.1. The molecule has 0 bridgehead atoms. The van der Waals surface area contributed by atoms with Crippen LogP contribution in [-0.2, 0) is 4.74 Å². The van der Waals surface area contributed by atoms with Crippen molar-refractivity contribution in [3.63, 3.8) is 0 Å². The van der Waals surface area contributed by atoms with Crippen LogP contribution in [-0.4, -0.2) is 19.7 Å².